The van der Waals surface area contributed by atoms with Gasteiger partial charge in [0, 0.05) is 31.0 Å². The summed E-state index contributed by atoms with van der Waals surface area (Å²) in [5, 5.41) is 7.33. The first kappa shape index (κ1) is 15.8. The van der Waals surface area contributed by atoms with Gasteiger partial charge in [0.05, 0.1) is 17.6 Å². The molecular formula is C19H22N6. The summed E-state index contributed by atoms with van der Waals surface area (Å²) in [6, 6.07) is 8.60. The van der Waals surface area contributed by atoms with Crippen molar-refractivity contribution in [2.45, 2.75) is 31.7 Å². The average Bonchev–Trinajstić information content (AvgIpc) is 2.93. The van der Waals surface area contributed by atoms with Gasteiger partial charge in [-0.3, -0.25) is 4.68 Å². The van der Waals surface area contributed by atoms with E-state index in [1.54, 1.807) is 17.1 Å². The van der Waals surface area contributed by atoms with Gasteiger partial charge in [0.1, 0.15) is 0 Å². The smallest absolute Gasteiger partial charge is 0.227 e. The molecule has 2 heterocycles. The number of hydrogen-bond donors (Lipinski definition) is 2. The minimum absolute atomic E-state index is 0.153. The van der Waals surface area contributed by atoms with E-state index >= 15 is 0 Å². The van der Waals surface area contributed by atoms with Crippen molar-refractivity contribution >= 4 is 11.6 Å². The Bertz CT molecular complexity index is 885. The Kier molecular flexibility index (Phi) is 4.19. The molecule has 2 aromatic heterocycles. The normalized spacial score (nSPS) is 17.0. The van der Waals surface area contributed by atoms with Gasteiger partial charge in [-0.15, -0.1) is 0 Å². The molecule has 6 nitrogen and oxygen atoms in total. The van der Waals surface area contributed by atoms with E-state index in [1.165, 1.54) is 24.0 Å². The van der Waals surface area contributed by atoms with E-state index in [-0.39, 0.29) is 6.04 Å². The maximum absolute atomic E-state index is 6.30. The van der Waals surface area contributed by atoms with E-state index < -0.39 is 0 Å². The first-order valence-corrected chi connectivity index (χ1v) is 8.66. The van der Waals surface area contributed by atoms with E-state index in [2.05, 4.69) is 38.6 Å². The molecule has 0 fully saturated rings. The fourth-order valence-electron chi connectivity index (χ4n) is 3.37. The molecule has 1 atom stereocenters. The lowest BCUT2D eigenvalue weighted by molar-refractivity contribution is 0.615. The van der Waals surface area contributed by atoms with E-state index in [4.69, 9.17) is 5.73 Å². The van der Waals surface area contributed by atoms with Crippen LogP contribution < -0.4 is 11.1 Å². The minimum Gasteiger partial charge on any atom is -0.324 e. The molecule has 4 rings (SSSR count). The average molecular weight is 334 g/mol. The van der Waals surface area contributed by atoms with E-state index in [1.807, 2.05) is 19.3 Å². The van der Waals surface area contributed by atoms with Gasteiger partial charge in [-0.05, 0) is 42.5 Å². The Balaban J connectivity index is 1.63. The van der Waals surface area contributed by atoms with Crippen molar-refractivity contribution in [3.05, 3.63) is 54.0 Å². The van der Waals surface area contributed by atoms with Crippen LogP contribution in [0, 0.1) is 0 Å². The molecule has 0 bridgehead atoms. The molecule has 1 aliphatic carbocycles. The highest BCUT2D eigenvalue weighted by Gasteiger charge is 2.16. The van der Waals surface area contributed by atoms with E-state index in [0.29, 0.717) is 5.95 Å². The molecule has 0 radical (unpaired) electrons. The van der Waals surface area contributed by atoms with Crippen molar-refractivity contribution in [2.75, 3.05) is 5.32 Å². The number of benzene rings is 1. The van der Waals surface area contributed by atoms with Crippen LogP contribution >= 0.6 is 0 Å². The van der Waals surface area contributed by atoms with Crippen molar-refractivity contribution in [3.63, 3.8) is 0 Å². The Morgan fingerprint density at radius 3 is 3.00 bits per heavy atom. The third-order valence-electron chi connectivity index (χ3n) is 4.67. The summed E-state index contributed by atoms with van der Waals surface area (Å²) in [5.41, 5.74) is 11.8. The van der Waals surface area contributed by atoms with Gasteiger partial charge in [0.25, 0.3) is 0 Å². The van der Waals surface area contributed by atoms with Crippen LogP contribution in [0.1, 0.15) is 36.4 Å². The van der Waals surface area contributed by atoms with Gasteiger partial charge in [0.2, 0.25) is 5.95 Å². The Morgan fingerprint density at radius 1 is 1.24 bits per heavy atom. The molecule has 0 unspecified atom stereocenters. The second-order valence-electron chi connectivity index (χ2n) is 6.56. The van der Waals surface area contributed by atoms with E-state index in [9.17, 15) is 0 Å². The van der Waals surface area contributed by atoms with Crippen LogP contribution in [0.25, 0.3) is 11.3 Å². The first-order chi connectivity index (χ1) is 12.2. The number of anilines is 2. The van der Waals surface area contributed by atoms with Gasteiger partial charge >= 0.3 is 0 Å². The Hall–Kier alpha value is -2.73. The molecule has 1 aromatic carbocycles. The summed E-state index contributed by atoms with van der Waals surface area (Å²) in [5.74, 6) is 0.567. The lowest BCUT2D eigenvalue weighted by Crippen LogP contribution is -2.10. The summed E-state index contributed by atoms with van der Waals surface area (Å²) < 4.78 is 1.74. The van der Waals surface area contributed by atoms with Crippen molar-refractivity contribution < 1.29 is 0 Å². The number of aromatic nitrogens is 4. The number of nitrogens with two attached hydrogens (primary N) is 1. The third-order valence-corrected chi connectivity index (χ3v) is 4.67. The highest BCUT2D eigenvalue weighted by atomic mass is 15.3. The molecule has 3 aromatic rings. The minimum atomic E-state index is 0.153. The largest absolute Gasteiger partial charge is 0.324 e. The molecule has 1 aliphatic rings. The molecule has 0 amide bonds. The Labute approximate surface area is 147 Å². The zero-order valence-corrected chi connectivity index (χ0v) is 14.3. The lowest BCUT2D eigenvalue weighted by atomic mass is 9.96. The number of hydrogen-bond acceptors (Lipinski definition) is 5. The molecular weight excluding hydrogens is 312 g/mol. The zero-order chi connectivity index (χ0) is 17.2. The number of rotatable bonds is 3. The summed E-state index contributed by atoms with van der Waals surface area (Å²) in [7, 11) is 1.88. The maximum Gasteiger partial charge on any atom is 0.227 e. The van der Waals surface area contributed by atoms with Crippen LogP contribution in [0.3, 0.4) is 0 Å². The number of nitrogens with one attached hydrogen (secondary N) is 1. The zero-order valence-electron chi connectivity index (χ0n) is 14.3. The topological polar surface area (TPSA) is 81.7 Å². The van der Waals surface area contributed by atoms with Crippen molar-refractivity contribution in [3.8, 4) is 11.3 Å². The highest BCUT2D eigenvalue weighted by molar-refractivity contribution is 5.63. The molecule has 25 heavy (non-hydrogen) atoms. The number of nitrogens with zero attached hydrogens (tertiary/aromatic N) is 4. The predicted octanol–water partition coefficient (Wildman–Crippen LogP) is 3.35. The summed E-state index contributed by atoms with van der Waals surface area (Å²) >= 11 is 0. The summed E-state index contributed by atoms with van der Waals surface area (Å²) in [4.78, 5) is 8.95. The van der Waals surface area contributed by atoms with Crippen LogP contribution in [0.4, 0.5) is 11.6 Å². The van der Waals surface area contributed by atoms with Gasteiger partial charge < -0.3 is 11.1 Å². The molecule has 3 N–H and O–H groups in total. The van der Waals surface area contributed by atoms with E-state index in [0.717, 1.165) is 29.8 Å². The van der Waals surface area contributed by atoms with Crippen molar-refractivity contribution in [1.82, 2.24) is 19.7 Å². The standard InChI is InChI=1S/C19H22N6/c1-25-12-15(11-22-25)23-19-21-9-8-18(24-19)14-6-7-16-13(10-14)4-2-3-5-17(16)20/h6-12,17H,2-5,20H2,1H3,(H,21,23,24)/t17-/m1/s1. The molecule has 0 spiro atoms. The highest BCUT2D eigenvalue weighted by Crippen LogP contribution is 2.30. The van der Waals surface area contributed by atoms with Crippen LogP contribution in [-0.4, -0.2) is 19.7 Å². The number of fused-ring (bicyclic) bond motifs is 1. The maximum atomic E-state index is 6.30. The quantitative estimate of drug-likeness (QED) is 0.718. The van der Waals surface area contributed by atoms with Crippen molar-refractivity contribution in [1.29, 1.82) is 0 Å². The fraction of sp³-hybridized carbons (Fsp3) is 0.316. The summed E-state index contributed by atoms with van der Waals surface area (Å²) in [6.07, 6.45) is 9.96. The number of aryl methyl sites for hydroxylation is 2. The Morgan fingerprint density at radius 2 is 2.16 bits per heavy atom. The summed E-state index contributed by atoms with van der Waals surface area (Å²) in [6.45, 7) is 0. The lowest BCUT2D eigenvalue weighted by Gasteiger charge is -2.14. The second kappa shape index (κ2) is 6.64. The fourth-order valence-corrected chi connectivity index (χ4v) is 3.37. The van der Waals surface area contributed by atoms with Crippen LogP contribution in [0.5, 0.6) is 0 Å². The van der Waals surface area contributed by atoms with Crippen LogP contribution in [-0.2, 0) is 13.5 Å². The van der Waals surface area contributed by atoms with Gasteiger partial charge in [-0.25, -0.2) is 9.97 Å². The monoisotopic (exact) mass is 334 g/mol. The van der Waals surface area contributed by atoms with Crippen LogP contribution in [0.2, 0.25) is 0 Å². The third kappa shape index (κ3) is 3.39. The predicted molar refractivity (Wildman–Crippen MR) is 98.4 cm³/mol. The molecule has 6 heteroatoms. The van der Waals surface area contributed by atoms with Crippen LogP contribution in [0.15, 0.2) is 42.9 Å². The molecule has 0 saturated heterocycles. The van der Waals surface area contributed by atoms with Crippen molar-refractivity contribution in [2.24, 2.45) is 12.8 Å². The van der Waals surface area contributed by atoms with Gasteiger partial charge in [-0.2, -0.15) is 5.10 Å². The first-order valence-electron chi connectivity index (χ1n) is 8.66. The SMILES string of the molecule is Cn1cc(Nc2nccc(-c3ccc4c(c3)CCCC[C@H]4N)n2)cn1. The molecule has 0 saturated carbocycles. The second-order valence-corrected chi connectivity index (χ2v) is 6.56. The molecule has 128 valence electrons. The van der Waals surface area contributed by atoms with Gasteiger partial charge in [0.15, 0.2) is 0 Å². The van der Waals surface area contributed by atoms with Gasteiger partial charge in [-0.1, -0.05) is 18.6 Å². The molecule has 0 aliphatic heterocycles.